The second-order valence-electron chi connectivity index (χ2n) is 4.25. The zero-order valence-corrected chi connectivity index (χ0v) is 12.0. The van der Waals surface area contributed by atoms with Crippen molar-refractivity contribution in [2.75, 3.05) is 21.3 Å². The van der Waals surface area contributed by atoms with Gasteiger partial charge >= 0.3 is 5.97 Å². The first kappa shape index (κ1) is 14.8. The SMILES string of the molecule is COC(=O)c1ccc(-c2ccc(OC)cc2F)cc1OC. The molecule has 0 amide bonds. The molecule has 0 N–H and O–H groups in total. The molecule has 0 aromatic heterocycles. The third-order valence-electron chi connectivity index (χ3n) is 3.09. The van der Waals surface area contributed by atoms with Crippen LogP contribution in [0, 0.1) is 5.82 Å². The highest BCUT2D eigenvalue weighted by atomic mass is 19.1. The van der Waals surface area contributed by atoms with E-state index in [1.165, 1.54) is 27.4 Å². The van der Waals surface area contributed by atoms with Crippen LogP contribution in [0.3, 0.4) is 0 Å². The lowest BCUT2D eigenvalue weighted by atomic mass is 10.0. The van der Waals surface area contributed by atoms with E-state index in [9.17, 15) is 9.18 Å². The van der Waals surface area contributed by atoms with Gasteiger partial charge in [-0.1, -0.05) is 6.07 Å². The van der Waals surface area contributed by atoms with Gasteiger partial charge in [-0.25, -0.2) is 9.18 Å². The average Bonchev–Trinajstić information content (AvgIpc) is 2.53. The Bertz CT molecular complexity index is 667. The molecule has 4 nitrogen and oxygen atoms in total. The Morgan fingerprint density at radius 2 is 1.76 bits per heavy atom. The molecule has 0 radical (unpaired) electrons. The van der Waals surface area contributed by atoms with Crippen LogP contribution in [0.1, 0.15) is 10.4 Å². The highest BCUT2D eigenvalue weighted by molar-refractivity contribution is 5.93. The number of ether oxygens (including phenoxy) is 3. The topological polar surface area (TPSA) is 44.8 Å². The van der Waals surface area contributed by atoms with E-state index < -0.39 is 11.8 Å². The molecule has 0 saturated carbocycles. The lowest BCUT2D eigenvalue weighted by molar-refractivity contribution is 0.0597. The van der Waals surface area contributed by atoms with Crippen LogP contribution in [0.25, 0.3) is 11.1 Å². The standard InChI is InChI=1S/C16H15FO4/c1-19-11-5-7-12(14(17)9-11)10-4-6-13(16(18)21-3)15(8-10)20-2/h4-9H,1-3H3. The van der Waals surface area contributed by atoms with Crippen LogP contribution < -0.4 is 9.47 Å². The lowest BCUT2D eigenvalue weighted by Gasteiger charge is -2.10. The van der Waals surface area contributed by atoms with Crippen LogP contribution in [0.5, 0.6) is 11.5 Å². The van der Waals surface area contributed by atoms with Crippen LogP contribution in [0.4, 0.5) is 4.39 Å². The van der Waals surface area contributed by atoms with Crippen molar-refractivity contribution in [3.63, 3.8) is 0 Å². The third kappa shape index (κ3) is 2.97. The summed E-state index contributed by atoms with van der Waals surface area (Å²) in [6.45, 7) is 0. The van der Waals surface area contributed by atoms with E-state index in [1.54, 1.807) is 30.3 Å². The van der Waals surface area contributed by atoms with Crippen molar-refractivity contribution in [1.82, 2.24) is 0 Å². The molecule has 0 saturated heterocycles. The van der Waals surface area contributed by atoms with Crippen LogP contribution in [-0.4, -0.2) is 27.3 Å². The van der Waals surface area contributed by atoms with Gasteiger partial charge in [0.05, 0.1) is 21.3 Å². The lowest BCUT2D eigenvalue weighted by Crippen LogP contribution is -2.04. The Kier molecular flexibility index (Phi) is 4.42. The number of esters is 1. The number of methoxy groups -OCH3 is 3. The fourth-order valence-corrected chi connectivity index (χ4v) is 1.99. The molecule has 0 atom stereocenters. The van der Waals surface area contributed by atoms with E-state index in [4.69, 9.17) is 9.47 Å². The second-order valence-corrected chi connectivity index (χ2v) is 4.25. The van der Waals surface area contributed by atoms with Crippen LogP contribution >= 0.6 is 0 Å². The van der Waals surface area contributed by atoms with Gasteiger partial charge in [-0.05, 0) is 29.8 Å². The number of carbonyl (C=O) groups excluding carboxylic acids is 1. The monoisotopic (exact) mass is 290 g/mol. The Morgan fingerprint density at radius 1 is 1.00 bits per heavy atom. The largest absolute Gasteiger partial charge is 0.497 e. The first-order chi connectivity index (χ1) is 10.1. The summed E-state index contributed by atoms with van der Waals surface area (Å²) in [7, 11) is 4.21. The molecule has 0 aliphatic heterocycles. The summed E-state index contributed by atoms with van der Waals surface area (Å²) in [6, 6.07) is 9.36. The van der Waals surface area contributed by atoms with E-state index >= 15 is 0 Å². The van der Waals surface area contributed by atoms with Crippen molar-refractivity contribution >= 4 is 5.97 Å². The van der Waals surface area contributed by atoms with Crippen molar-refractivity contribution in [1.29, 1.82) is 0 Å². The van der Waals surface area contributed by atoms with Gasteiger partial charge in [-0.3, -0.25) is 0 Å². The van der Waals surface area contributed by atoms with E-state index in [0.29, 0.717) is 22.6 Å². The summed E-state index contributed by atoms with van der Waals surface area (Å²) in [5.41, 5.74) is 1.28. The quantitative estimate of drug-likeness (QED) is 0.810. The maximum absolute atomic E-state index is 14.1. The minimum atomic E-state index is -0.506. The van der Waals surface area contributed by atoms with Gasteiger partial charge in [0.1, 0.15) is 22.9 Å². The number of hydrogen-bond acceptors (Lipinski definition) is 4. The fourth-order valence-electron chi connectivity index (χ4n) is 1.99. The van der Waals surface area contributed by atoms with Gasteiger partial charge in [-0.15, -0.1) is 0 Å². The average molecular weight is 290 g/mol. The molecule has 0 spiro atoms. The first-order valence-electron chi connectivity index (χ1n) is 6.21. The first-order valence-corrected chi connectivity index (χ1v) is 6.21. The van der Waals surface area contributed by atoms with Gasteiger partial charge in [0.2, 0.25) is 0 Å². The molecular weight excluding hydrogens is 275 g/mol. The van der Waals surface area contributed by atoms with Crippen LogP contribution in [0.2, 0.25) is 0 Å². The maximum atomic E-state index is 14.1. The van der Waals surface area contributed by atoms with Crippen molar-refractivity contribution < 1.29 is 23.4 Å². The summed E-state index contributed by atoms with van der Waals surface area (Å²) in [5.74, 6) is -0.153. The van der Waals surface area contributed by atoms with Gasteiger partial charge in [-0.2, -0.15) is 0 Å². The molecule has 110 valence electrons. The van der Waals surface area contributed by atoms with Gasteiger partial charge in [0.25, 0.3) is 0 Å². The molecule has 2 rings (SSSR count). The molecule has 0 fully saturated rings. The summed E-state index contributed by atoms with van der Waals surface area (Å²) in [5, 5.41) is 0. The Morgan fingerprint density at radius 3 is 2.33 bits per heavy atom. The molecular formula is C16H15FO4. The summed E-state index contributed by atoms with van der Waals surface area (Å²) >= 11 is 0. The molecule has 0 bridgehead atoms. The van der Waals surface area contributed by atoms with Crippen molar-refractivity contribution in [2.24, 2.45) is 0 Å². The number of carbonyl (C=O) groups is 1. The molecule has 2 aromatic rings. The summed E-state index contributed by atoms with van der Waals surface area (Å²) < 4.78 is 28.9. The highest BCUT2D eigenvalue weighted by Gasteiger charge is 2.15. The minimum absolute atomic E-state index is 0.290. The Balaban J connectivity index is 2.48. The van der Waals surface area contributed by atoms with Gasteiger partial charge in [0, 0.05) is 11.6 Å². The predicted molar refractivity (Wildman–Crippen MR) is 76.3 cm³/mol. The number of rotatable bonds is 4. The zero-order chi connectivity index (χ0) is 15.4. The normalized spacial score (nSPS) is 10.1. The Hall–Kier alpha value is -2.56. The second kappa shape index (κ2) is 6.26. The maximum Gasteiger partial charge on any atom is 0.341 e. The van der Waals surface area contributed by atoms with E-state index in [2.05, 4.69) is 4.74 Å². The van der Waals surface area contributed by atoms with Crippen molar-refractivity contribution in [2.45, 2.75) is 0 Å². The van der Waals surface area contributed by atoms with E-state index in [-0.39, 0.29) is 5.56 Å². The van der Waals surface area contributed by atoms with Crippen molar-refractivity contribution in [3.05, 3.63) is 47.8 Å². The molecule has 0 aliphatic rings. The molecule has 0 aliphatic carbocycles. The number of halogens is 1. The highest BCUT2D eigenvalue weighted by Crippen LogP contribution is 2.31. The van der Waals surface area contributed by atoms with Gasteiger partial charge in [0.15, 0.2) is 0 Å². The zero-order valence-electron chi connectivity index (χ0n) is 12.0. The van der Waals surface area contributed by atoms with Crippen LogP contribution in [-0.2, 0) is 4.74 Å². The molecule has 2 aromatic carbocycles. The summed E-state index contributed by atoms with van der Waals surface area (Å²) in [6.07, 6.45) is 0. The number of benzene rings is 2. The summed E-state index contributed by atoms with van der Waals surface area (Å²) in [4.78, 5) is 11.6. The molecule has 0 heterocycles. The van der Waals surface area contributed by atoms with E-state index in [1.807, 2.05) is 0 Å². The number of hydrogen-bond donors (Lipinski definition) is 0. The Labute approximate surface area is 122 Å². The molecule has 0 unspecified atom stereocenters. The van der Waals surface area contributed by atoms with E-state index in [0.717, 1.165) is 0 Å². The fraction of sp³-hybridized carbons (Fsp3) is 0.188. The van der Waals surface area contributed by atoms with Crippen LogP contribution in [0.15, 0.2) is 36.4 Å². The molecule has 5 heteroatoms. The predicted octanol–water partition coefficient (Wildman–Crippen LogP) is 3.30. The van der Waals surface area contributed by atoms with Gasteiger partial charge < -0.3 is 14.2 Å². The smallest absolute Gasteiger partial charge is 0.341 e. The van der Waals surface area contributed by atoms with Crippen molar-refractivity contribution in [3.8, 4) is 22.6 Å². The molecule has 21 heavy (non-hydrogen) atoms. The minimum Gasteiger partial charge on any atom is -0.497 e. The third-order valence-corrected chi connectivity index (χ3v) is 3.09.